The fourth-order valence-corrected chi connectivity index (χ4v) is 3.67. The van der Waals surface area contributed by atoms with Crippen LogP contribution in [0, 0.1) is 5.92 Å². The van der Waals surface area contributed by atoms with Crippen molar-refractivity contribution < 1.29 is 5.11 Å². The maximum absolute atomic E-state index is 10.4. The normalized spacial score (nSPS) is 29.4. The summed E-state index contributed by atoms with van der Waals surface area (Å²) in [7, 11) is 0. The SMILES string of the molecule is CCCC1C(O)[C@H](C)CCN1Sc1ccccc1. The van der Waals surface area contributed by atoms with Crippen molar-refractivity contribution in [1.82, 2.24) is 4.31 Å². The molecule has 100 valence electrons. The first-order valence-corrected chi connectivity index (χ1v) is 7.67. The fourth-order valence-electron chi connectivity index (χ4n) is 2.56. The minimum atomic E-state index is -0.185. The number of piperidine rings is 1. The molecule has 1 aromatic carbocycles. The average Bonchev–Trinajstić information content (AvgIpc) is 2.39. The second-order valence-corrected chi connectivity index (χ2v) is 6.28. The zero-order chi connectivity index (χ0) is 13.0. The van der Waals surface area contributed by atoms with Crippen LogP contribution in [0.5, 0.6) is 0 Å². The molecule has 18 heavy (non-hydrogen) atoms. The van der Waals surface area contributed by atoms with Crippen LogP contribution in [0.4, 0.5) is 0 Å². The van der Waals surface area contributed by atoms with Gasteiger partial charge in [0.05, 0.1) is 6.10 Å². The van der Waals surface area contributed by atoms with Gasteiger partial charge in [-0.3, -0.25) is 0 Å². The fraction of sp³-hybridized carbons (Fsp3) is 0.600. The quantitative estimate of drug-likeness (QED) is 0.842. The standard InChI is InChI=1S/C15H23NOS/c1-3-7-14-15(17)12(2)10-11-16(14)18-13-8-5-4-6-9-13/h4-6,8-9,12,14-15,17H,3,7,10-11H2,1-2H3/t12-,14?,15?/m1/s1. The Labute approximate surface area is 115 Å². The van der Waals surface area contributed by atoms with Crippen molar-refractivity contribution in [3.8, 4) is 0 Å². The summed E-state index contributed by atoms with van der Waals surface area (Å²) < 4.78 is 2.38. The third-order valence-corrected chi connectivity index (χ3v) is 4.87. The van der Waals surface area contributed by atoms with E-state index in [2.05, 4.69) is 42.4 Å². The molecule has 0 spiro atoms. The number of aliphatic hydroxyl groups is 1. The van der Waals surface area contributed by atoms with Gasteiger partial charge >= 0.3 is 0 Å². The van der Waals surface area contributed by atoms with Crippen molar-refractivity contribution in [3.05, 3.63) is 30.3 Å². The summed E-state index contributed by atoms with van der Waals surface area (Å²) in [5, 5.41) is 10.4. The monoisotopic (exact) mass is 265 g/mol. The lowest BCUT2D eigenvalue weighted by molar-refractivity contribution is 0.0117. The molecular formula is C15H23NOS. The van der Waals surface area contributed by atoms with Gasteiger partial charge in [-0.05, 0) is 42.8 Å². The van der Waals surface area contributed by atoms with Gasteiger partial charge in [-0.25, -0.2) is 4.31 Å². The predicted octanol–water partition coefficient (Wildman–Crippen LogP) is 3.57. The zero-order valence-electron chi connectivity index (χ0n) is 11.2. The van der Waals surface area contributed by atoms with E-state index in [0.29, 0.717) is 12.0 Å². The Morgan fingerprint density at radius 1 is 1.33 bits per heavy atom. The van der Waals surface area contributed by atoms with Gasteiger partial charge < -0.3 is 5.11 Å². The van der Waals surface area contributed by atoms with Gasteiger partial charge in [-0.15, -0.1) is 0 Å². The highest BCUT2D eigenvalue weighted by molar-refractivity contribution is 7.97. The highest BCUT2D eigenvalue weighted by Gasteiger charge is 2.34. The molecule has 1 heterocycles. The van der Waals surface area contributed by atoms with E-state index in [1.54, 1.807) is 11.9 Å². The minimum Gasteiger partial charge on any atom is -0.391 e. The number of rotatable bonds is 4. The number of hydrogen-bond donors (Lipinski definition) is 1. The van der Waals surface area contributed by atoms with E-state index in [-0.39, 0.29) is 6.10 Å². The van der Waals surface area contributed by atoms with Crippen LogP contribution in [0.15, 0.2) is 35.2 Å². The molecule has 1 fully saturated rings. The first-order valence-electron chi connectivity index (χ1n) is 6.90. The van der Waals surface area contributed by atoms with Gasteiger partial charge in [-0.1, -0.05) is 38.5 Å². The smallest absolute Gasteiger partial charge is 0.0730 e. The molecule has 0 saturated carbocycles. The molecule has 0 bridgehead atoms. The summed E-state index contributed by atoms with van der Waals surface area (Å²) in [5.41, 5.74) is 0. The van der Waals surface area contributed by atoms with Crippen LogP contribution in [0.1, 0.15) is 33.1 Å². The van der Waals surface area contributed by atoms with Crippen LogP contribution in [-0.4, -0.2) is 28.1 Å². The Morgan fingerprint density at radius 3 is 2.72 bits per heavy atom. The van der Waals surface area contributed by atoms with E-state index in [1.807, 2.05) is 6.07 Å². The maximum atomic E-state index is 10.4. The molecule has 0 radical (unpaired) electrons. The molecular weight excluding hydrogens is 242 g/mol. The van der Waals surface area contributed by atoms with Crippen LogP contribution in [0.2, 0.25) is 0 Å². The second kappa shape index (κ2) is 6.60. The molecule has 3 heteroatoms. The molecule has 0 amide bonds. The summed E-state index contributed by atoms with van der Waals surface area (Å²) in [6, 6.07) is 10.8. The third kappa shape index (κ3) is 3.28. The van der Waals surface area contributed by atoms with Crippen molar-refractivity contribution in [2.24, 2.45) is 5.92 Å². The second-order valence-electron chi connectivity index (χ2n) is 5.16. The Balaban J connectivity index is 2.05. The summed E-state index contributed by atoms with van der Waals surface area (Å²) >= 11 is 1.79. The lowest BCUT2D eigenvalue weighted by atomic mass is 9.89. The average molecular weight is 265 g/mol. The first kappa shape index (κ1) is 13.9. The van der Waals surface area contributed by atoms with E-state index in [9.17, 15) is 5.11 Å². The number of hydrogen-bond acceptors (Lipinski definition) is 3. The van der Waals surface area contributed by atoms with Crippen molar-refractivity contribution in [2.45, 2.75) is 50.2 Å². The summed E-state index contributed by atoms with van der Waals surface area (Å²) in [6.45, 7) is 5.43. The highest BCUT2D eigenvalue weighted by atomic mass is 32.2. The molecule has 2 unspecified atom stereocenters. The molecule has 1 aliphatic heterocycles. The van der Waals surface area contributed by atoms with Gasteiger partial charge in [0.15, 0.2) is 0 Å². The molecule has 2 rings (SSSR count). The Bertz CT molecular complexity index is 357. The first-order chi connectivity index (χ1) is 8.72. The molecule has 1 aromatic rings. The lowest BCUT2D eigenvalue weighted by Crippen LogP contribution is -2.48. The van der Waals surface area contributed by atoms with Crippen LogP contribution in [0.3, 0.4) is 0 Å². The van der Waals surface area contributed by atoms with Crippen molar-refractivity contribution >= 4 is 11.9 Å². The van der Waals surface area contributed by atoms with Crippen molar-refractivity contribution in [3.63, 3.8) is 0 Å². The summed E-state index contributed by atoms with van der Waals surface area (Å²) in [6.07, 6.45) is 3.10. The topological polar surface area (TPSA) is 23.5 Å². The van der Waals surface area contributed by atoms with Gasteiger partial charge in [0, 0.05) is 17.5 Å². The molecule has 2 nitrogen and oxygen atoms in total. The van der Waals surface area contributed by atoms with Gasteiger partial charge in [0.2, 0.25) is 0 Å². The number of aliphatic hydroxyl groups excluding tert-OH is 1. The van der Waals surface area contributed by atoms with Gasteiger partial charge in [0.25, 0.3) is 0 Å². The van der Waals surface area contributed by atoms with Gasteiger partial charge in [0.1, 0.15) is 0 Å². The summed E-state index contributed by atoms with van der Waals surface area (Å²) in [5.74, 6) is 0.425. The molecule has 0 aliphatic carbocycles. The number of nitrogens with zero attached hydrogens (tertiary/aromatic N) is 1. The Morgan fingerprint density at radius 2 is 2.06 bits per heavy atom. The van der Waals surface area contributed by atoms with E-state index < -0.39 is 0 Å². The van der Waals surface area contributed by atoms with Crippen LogP contribution in [0.25, 0.3) is 0 Å². The molecule has 3 atom stereocenters. The molecule has 1 N–H and O–H groups in total. The van der Waals surface area contributed by atoms with Crippen LogP contribution >= 0.6 is 11.9 Å². The molecule has 0 aromatic heterocycles. The predicted molar refractivity (Wildman–Crippen MR) is 77.5 cm³/mol. The lowest BCUT2D eigenvalue weighted by Gasteiger charge is -2.41. The van der Waals surface area contributed by atoms with Crippen LogP contribution < -0.4 is 0 Å². The number of benzene rings is 1. The largest absolute Gasteiger partial charge is 0.391 e. The van der Waals surface area contributed by atoms with Gasteiger partial charge in [-0.2, -0.15) is 0 Å². The highest BCUT2D eigenvalue weighted by Crippen LogP contribution is 2.34. The summed E-state index contributed by atoms with van der Waals surface area (Å²) in [4.78, 5) is 1.26. The maximum Gasteiger partial charge on any atom is 0.0730 e. The van der Waals surface area contributed by atoms with Crippen molar-refractivity contribution in [1.29, 1.82) is 0 Å². The van der Waals surface area contributed by atoms with E-state index in [1.165, 1.54) is 4.90 Å². The third-order valence-electron chi connectivity index (χ3n) is 3.70. The molecule has 1 saturated heterocycles. The Kier molecular flexibility index (Phi) is 5.10. The molecule has 1 aliphatic rings. The van der Waals surface area contributed by atoms with Crippen LogP contribution in [-0.2, 0) is 0 Å². The Hall–Kier alpha value is -0.510. The van der Waals surface area contributed by atoms with E-state index >= 15 is 0 Å². The zero-order valence-corrected chi connectivity index (χ0v) is 12.1. The van der Waals surface area contributed by atoms with E-state index in [4.69, 9.17) is 0 Å². The minimum absolute atomic E-state index is 0.185. The van der Waals surface area contributed by atoms with E-state index in [0.717, 1.165) is 25.8 Å². The van der Waals surface area contributed by atoms with Crippen molar-refractivity contribution in [2.75, 3.05) is 6.54 Å².